The fourth-order valence-corrected chi connectivity index (χ4v) is 11.5. The van der Waals surface area contributed by atoms with Crippen molar-refractivity contribution in [1.29, 1.82) is 0 Å². The van der Waals surface area contributed by atoms with E-state index in [1.165, 1.54) is 104 Å². The van der Waals surface area contributed by atoms with Crippen LogP contribution in [0.5, 0.6) is 0 Å². The Balaban J connectivity index is 0.966. The number of hydrogen-bond acceptors (Lipinski definition) is 1. The highest BCUT2D eigenvalue weighted by Gasteiger charge is 2.23. The molecule has 0 spiro atoms. The van der Waals surface area contributed by atoms with Crippen LogP contribution < -0.4 is 0 Å². The molecular weight excluding hydrogens is 799 g/mol. The Kier molecular flexibility index (Phi) is 8.14. The second kappa shape index (κ2) is 14.5. The van der Waals surface area contributed by atoms with E-state index in [-0.39, 0.29) is 0 Å². The molecule has 0 aliphatic heterocycles. The molecule has 1 aliphatic rings. The highest BCUT2D eigenvalue weighted by Crippen LogP contribution is 2.49. The summed E-state index contributed by atoms with van der Waals surface area (Å²) in [6.07, 6.45) is 8.90. The van der Waals surface area contributed by atoms with E-state index in [4.69, 9.17) is 4.42 Å². The fraction of sp³-hybridized carbons (Fsp3) is 0.0312. The molecule has 66 heavy (non-hydrogen) atoms. The van der Waals surface area contributed by atoms with Gasteiger partial charge in [0.15, 0.2) is 0 Å². The lowest BCUT2D eigenvalue weighted by Gasteiger charge is -2.20. The van der Waals surface area contributed by atoms with E-state index in [1.54, 1.807) is 0 Å². The Morgan fingerprint density at radius 2 is 0.894 bits per heavy atom. The lowest BCUT2D eigenvalue weighted by atomic mass is 9.84. The third kappa shape index (κ3) is 5.42. The number of rotatable bonds is 5. The molecule has 11 aromatic carbocycles. The second-order valence-corrected chi connectivity index (χ2v) is 17.8. The quantitative estimate of drug-likeness (QED) is 0.158. The molecule has 0 saturated carbocycles. The molecule has 14 rings (SSSR count). The molecule has 0 amide bonds. The van der Waals surface area contributed by atoms with Crippen molar-refractivity contribution in [3.8, 4) is 39.1 Å². The van der Waals surface area contributed by atoms with Crippen LogP contribution in [0.1, 0.15) is 18.4 Å². The zero-order valence-corrected chi connectivity index (χ0v) is 36.1. The van der Waals surface area contributed by atoms with Crippen LogP contribution in [0.3, 0.4) is 0 Å². The van der Waals surface area contributed by atoms with Crippen molar-refractivity contribution in [2.24, 2.45) is 0 Å². The number of benzene rings is 11. The maximum atomic E-state index is 6.79. The van der Waals surface area contributed by atoms with E-state index in [0.29, 0.717) is 0 Å². The molecule has 0 radical (unpaired) electrons. The van der Waals surface area contributed by atoms with Crippen molar-refractivity contribution in [2.45, 2.75) is 12.8 Å². The Labute approximate surface area is 381 Å². The van der Waals surface area contributed by atoms with Gasteiger partial charge in [-0.25, -0.2) is 0 Å². The van der Waals surface area contributed by atoms with E-state index in [9.17, 15) is 0 Å². The lowest BCUT2D eigenvalue weighted by molar-refractivity contribution is 0.669. The normalized spacial score (nSPS) is 13.1. The molecule has 13 aromatic rings. The topological polar surface area (TPSA) is 18.1 Å². The molecule has 0 saturated heterocycles. The number of nitrogens with zero attached hydrogens (tertiary/aromatic N) is 1. The van der Waals surface area contributed by atoms with Crippen LogP contribution in [0.4, 0.5) is 0 Å². The number of aromatic nitrogens is 1. The van der Waals surface area contributed by atoms with E-state index in [0.717, 1.165) is 46.0 Å². The van der Waals surface area contributed by atoms with Crippen LogP contribution in [-0.2, 0) is 0 Å². The zero-order chi connectivity index (χ0) is 43.3. The Morgan fingerprint density at radius 1 is 0.364 bits per heavy atom. The Bertz CT molecular complexity index is 4100. The van der Waals surface area contributed by atoms with Crippen LogP contribution in [0.25, 0.3) is 131 Å². The molecule has 0 N–H and O–H groups in total. The van der Waals surface area contributed by atoms with Crippen molar-refractivity contribution < 1.29 is 4.42 Å². The van der Waals surface area contributed by atoms with Crippen molar-refractivity contribution in [3.63, 3.8) is 0 Å². The van der Waals surface area contributed by atoms with Crippen molar-refractivity contribution in [3.05, 3.63) is 230 Å². The molecule has 0 unspecified atom stereocenters. The van der Waals surface area contributed by atoms with E-state index in [2.05, 4.69) is 229 Å². The van der Waals surface area contributed by atoms with Gasteiger partial charge in [-0.1, -0.05) is 176 Å². The van der Waals surface area contributed by atoms with Gasteiger partial charge in [-0.2, -0.15) is 0 Å². The molecule has 0 atom stereocenters. The van der Waals surface area contributed by atoms with Gasteiger partial charge < -0.3 is 8.98 Å². The third-order valence-electron chi connectivity index (χ3n) is 14.2. The van der Waals surface area contributed by atoms with E-state index < -0.39 is 0 Å². The molecule has 0 bridgehead atoms. The summed E-state index contributed by atoms with van der Waals surface area (Å²) in [5.41, 5.74) is 15.4. The number of allylic oxidation sites excluding steroid dienone is 4. The maximum Gasteiger partial charge on any atom is 0.136 e. The van der Waals surface area contributed by atoms with Crippen LogP contribution in [-0.4, -0.2) is 4.57 Å². The SMILES string of the molecule is C1=CCCC(c2c3ccccc3c(-c3ccc4c(c3)oc3ccc(-c5c6ccccc6c(-c6cccc7c6c6ccccc6n7-c6ccccc6)c6ccccc56)cc34)c3ccccc23)=C1. The van der Waals surface area contributed by atoms with Crippen molar-refractivity contribution in [2.75, 3.05) is 0 Å². The highest BCUT2D eigenvalue weighted by atomic mass is 16.3. The number of fused-ring (bicyclic) bond motifs is 10. The summed E-state index contributed by atoms with van der Waals surface area (Å²) in [4.78, 5) is 0. The monoisotopic (exact) mass is 839 g/mol. The molecular formula is C64H41NO. The minimum atomic E-state index is 0.889. The van der Waals surface area contributed by atoms with Crippen molar-refractivity contribution in [1.82, 2.24) is 4.57 Å². The first kappa shape index (κ1) is 37.0. The average molecular weight is 840 g/mol. The number of para-hydroxylation sites is 2. The van der Waals surface area contributed by atoms with E-state index >= 15 is 0 Å². The molecule has 2 aromatic heterocycles. The van der Waals surface area contributed by atoms with Gasteiger partial charge in [0, 0.05) is 27.2 Å². The first-order chi connectivity index (χ1) is 32.8. The van der Waals surface area contributed by atoms with Crippen LogP contribution in [0, 0.1) is 0 Å². The summed E-state index contributed by atoms with van der Waals surface area (Å²) in [6, 6.07) is 75.9. The first-order valence-corrected chi connectivity index (χ1v) is 23.1. The van der Waals surface area contributed by atoms with Crippen LogP contribution in [0.15, 0.2) is 229 Å². The van der Waals surface area contributed by atoms with Gasteiger partial charge in [0.25, 0.3) is 0 Å². The Hall–Kier alpha value is -8.46. The first-order valence-electron chi connectivity index (χ1n) is 23.1. The van der Waals surface area contributed by atoms with Gasteiger partial charge in [-0.05, 0) is 149 Å². The summed E-state index contributed by atoms with van der Waals surface area (Å²) >= 11 is 0. The lowest BCUT2D eigenvalue weighted by Crippen LogP contribution is -1.95. The molecule has 2 heteroatoms. The molecule has 1 aliphatic carbocycles. The Morgan fingerprint density at radius 3 is 1.52 bits per heavy atom. The summed E-state index contributed by atoms with van der Waals surface area (Å²) in [5, 5.41) is 14.8. The second-order valence-electron chi connectivity index (χ2n) is 17.8. The van der Waals surface area contributed by atoms with Gasteiger partial charge in [0.05, 0.1) is 11.0 Å². The smallest absolute Gasteiger partial charge is 0.136 e. The molecule has 308 valence electrons. The van der Waals surface area contributed by atoms with Gasteiger partial charge in [0.1, 0.15) is 11.2 Å². The molecule has 0 fully saturated rings. The number of furan rings is 1. The summed E-state index contributed by atoms with van der Waals surface area (Å²) in [7, 11) is 0. The maximum absolute atomic E-state index is 6.79. The van der Waals surface area contributed by atoms with E-state index in [1.807, 2.05) is 0 Å². The predicted molar refractivity (Wildman–Crippen MR) is 281 cm³/mol. The zero-order valence-electron chi connectivity index (χ0n) is 36.1. The van der Waals surface area contributed by atoms with Gasteiger partial charge in [0.2, 0.25) is 0 Å². The molecule has 2 nitrogen and oxygen atoms in total. The summed E-state index contributed by atoms with van der Waals surface area (Å²) < 4.78 is 9.20. The highest BCUT2D eigenvalue weighted by molar-refractivity contribution is 6.27. The minimum absolute atomic E-state index is 0.889. The van der Waals surface area contributed by atoms with Gasteiger partial charge >= 0.3 is 0 Å². The summed E-state index contributed by atoms with van der Waals surface area (Å²) in [6.45, 7) is 0. The fourth-order valence-electron chi connectivity index (χ4n) is 11.5. The standard InChI is InChI=1S/C64H41NO/c1-3-18-40(19-4-1)60-45-22-7-9-24-47(45)62(48-25-10-8-23-46(48)60)42-34-36-44-55-38-41(35-37-58(55)66-59(44)39-42)61-49-26-11-13-28-51(49)63(52-29-14-12-27-50(52)61)54-31-17-33-57-64(54)53-30-15-16-32-56(53)65(57)43-20-5-2-6-21-43/h1-3,5-18,20-39H,4,19H2. The van der Waals surface area contributed by atoms with Crippen molar-refractivity contribution >= 4 is 92.4 Å². The summed E-state index contributed by atoms with van der Waals surface area (Å²) in [5.74, 6) is 0. The largest absolute Gasteiger partial charge is 0.456 e. The van der Waals surface area contributed by atoms with Gasteiger partial charge in [-0.3, -0.25) is 0 Å². The average Bonchev–Trinajstić information content (AvgIpc) is 3.93. The van der Waals surface area contributed by atoms with Gasteiger partial charge in [-0.15, -0.1) is 0 Å². The van der Waals surface area contributed by atoms with Crippen LogP contribution in [0.2, 0.25) is 0 Å². The molecule has 2 heterocycles. The predicted octanol–water partition coefficient (Wildman–Crippen LogP) is 18.0. The minimum Gasteiger partial charge on any atom is -0.456 e. The van der Waals surface area contributed by atoms with Crippen LogP contribution >= 0.6 is 0 Å². The number of hydrogen-bond donors (Lipinski definition) is 0. The third-order valence-corrected chi connectivity index (χ3v) is 14.2.